The normalized spacial score (nSPS) is 13.6. The first kappa shape index (κ1) is 8.15. The van der Waals surface area contributed by atoms with Crippen molar-refractivity contribution in [2.45, 2.75) is 13.8 Å². The summed E-state index contributed by atoms with van der Waals surface area (Å²) >= 11 is 0. The topological polar surface area (TPSA) is 17.1 Å². The van der Waals surface area contributed by atoms with Crippen LogP contribution in [0.5, 0.6) is 0 Å². The molecule has 1 heteroatoms. The Bertz CT molecular complexity index is 134. The van der Waals surface area contributed by atoms with Gasteiger partial charge >= 0.3 is 0 Å². The molecular weight excluding hydrogens is 112 g/mol. The van der Waals surface area contributed by atoms with E-state index in [0.717, 1.165) is 0 Å². The highest BCUT2D eigenvalue weighted by molar-refractivity contribution is 5.87. The van der Waals surface area contributed by atoms with Crippen molar-refractivity contribution in [3.63, 3.8) is 0 Å². The number of carbonyl (C=O) groups is 1. The maximum Gasteiger partial charge on any atom is 0.152 e. The van der Waals surface area contributed by atoms with E-state index in [2.05, 4.69) is 6.58 Å². The van der Waals surface area contributed by atoms with Crippen molar-refractivity contribution >= 4 is 5.78 Å². The summed E-state index contributed by atoms with van der Waals surface area (Å²) in [6, 6.07) is 0. The van der Waals surface area contributed by atoms with Crippen molar-refractivity contribution in [1.29, 1.82) is 0 Å². The Kier molecular flexibility index (Phi) is 3.69. The van der Waals surface area contributed by atoms with Gasteiger partial charge in [0, 0.05) is 0 Å². The van der Waals surface area contributed by atoms with Crippen molar-refractivity contribution < 1.29 is 4.79 Å². The summed E-state index contributed by atoms with van der Waals surface area (Å²) in [6.07, 6.45) is 5.18. The zero-order chi connectivity index (χ0) is 7.28. The van der Waals surface area contributed by atoms with E-state index in [9.17, 15) is 4.79 Å². The summed E-state index contributed by atoms with van der Waals surface area (Å²) in [5, 5.41) is 0. The third kappa shape index (κ3) is 5.01. The minimum absolute atomic E-state index is 0.0868. The van der Waals surface area contributed by atoms with Crippen LogP contribution < -0.4 is 0 Å². The Hall–Kier alpha value is -0.850. The molecule has 0 spiro atoms. The second kappa shape index (κ2) is 4.07. The van der Waals surface area contributed by atoms with Crippen LogP contribution in [0, 0.1) is 5.92 Å². The fourth-order valence-electron chi connectivity index (χ4n) is 0.366. The molecule has 50 valence electrons. The summed E-state index contributed by atoms with van der Waals surface area (Å²) < 4.78 is 0. The van der Waals surface area contributed by atoms with E-state index in [-0.39, 0.29) is 5.78 Å². The molecule has 0 N–H and O–H groups in total. The second-order valence-electron chi connectivity index (χ2n) is 2.06. The van der Waals surface area contributed by atoms with Crippen LogP contribution in [-0.4, -0.2) is 5.78 Å². The molecule has 1 unspecified atom stereocenters. The maximum atomic E-state index is 10.3. The van der Waals surface area contributed by atoms with Crippen molar-refractivity contribution in [2.75, 3.05) is 0 Å². The molecule has 0 saturated carbocycles. The largest absolute Gasteiger partial charge is 0.295 e. The van der Waals surface area contributed by atoms with Gasteiger partial charge in [0.05, 0.1) is 0 Å². The van der Waals surface area contributed by atoms with Gasteiger partial charge in [0.15, 0.2) is 5.78 Å². The first-order chi connectivity index (χ1) is 4.16. The summed E-state index contributed by atoms with van der Waals surface area (Å²) in [4.78, 5) is 10.3. The molecule has 0 rings (SSSR count). The van der Waals surface area contributed by atoms with Gasteiger partial charge in [-0.1, -0.05) is 19.1 Å². The van der Waals surface area contributed by atoms with Crippen LogP contribution in [0.15, 0.2) is 24.8 Å². The molecule has 0 aliphatic rings. The predicted octanol–water partition coefficient (Wildman–Crippen LogP) is 1.95. The van der Waals surface area contributed by atoms with Crippen LogP contribution in [0.3, 0.4) is 0 Å². The smallest absolute Gasteiger partial charge is 0.152 e. The molecule has 1 atom stereocenters. The van der Waals surface area contributed by atoms with E-state index in [4.69, 9.17) is 0 Å². The van der Waals surface area contributed by atoms with Crippen LogP contribution in [0.25, 0.3) is 0 Å². The lowest BCUT2D eigenvalue weighted by molar-refractivity contribution is -0.112. The Labute approximate surface area is 56.1 Å². The second-order valence-corrected chi connectivity index (χ2v) is 2.06. The van der Waals surface area contributed by atoms with Gasteiger partial charge < -0.3 is 0 Å². The molecule has 0 bridgehead atoms. The SMILES string of the molecule is C=CC(C)/C=C/C(C)=O. The van der Waals surface area contributed by atoms with Gasteiger partial charge in [-0.15, -0.1) is 6.58 Å². The monoisotopic (exact) mass is 124 g/mol. The van der Waals surface area contributed by atoms with Crippen molar-refractivity contribution in [3.05, 3.63) is 24.8 Å². The molecule has 1 nitrogen and oxygen atoms in total. The maximum absolute atomic E-state index is 10.3. The van der Waals surface area contributed by atoms with Crippen molar-refractivity contribution in [2.24, 2.45) is 5.92 Å². The summed E-state index contributed by atoms with van der Waals surface area (Å²) in [5.74, 6) is 0.387. The third-order valence-electron chi connectivity index (χ3n) is 1.01. The molecule has 0 aromatic heterocycles. The standard InChI is InChI=1S/C8H12O/c1-4-7(2)5-6-8(3)9/h4-7H,1H2,2-3H3/b6-5+. The van der Waals surface area contributed by atoms with Crippen LogP contribution in [0.2, 0.25) is 0 Å². The van der Waals surface area contributed by atoms with Gasteiger partial charge in [0.25, 0.3) is 0 Å². The number of hydrogen-bond acceptors (Lipinski definition) is 1. The highest BCUT2D eigenvalue weighted by atomic mass is 16.1. The minimum atomic E-state index is 0.0868. The molecule has 0 radical (unpaired) electrons. The van der Waals surface area contributed by atoms with Crippen LogP contribution in [0.4, 0.5) is 0 Å². The average Bonchev–Trinajstić information content (AvgIpc) is 1.83. The van der Waals surface area contributed by atoms with Crippen molar-refractivity contribution in [3.8, 4) is 0 Å². The first-order valence-electron chi connectivity index (χ1n) is 2.98. The zero-order valence-electron chi connectivity index (χ0n) is 5.92. The molecule has 9 heavy (non-hydrogen) atoms. The Morgan fingerprint density at radius 2 is 2.22 bits per heavy atom. The molecule has 0 saturated heterocycles. The van der Waals surface area contributed by atoms with Crippen LogP contribution >= 0.6 is 0 Å². The molecule has 0 aliphatic carbocycles. The van der Waals surface area contributed by atoms with E-state index < -0.39 is 0 Å². The van der Waals surface area contributed by atoms with Gasteiger partial charge in [0.1, 0.15) is 0 Å². The molecular formula is C8H12O. The Morgan fingerprint density at radius 1 is 1.67 bits per heavy atom. The molecule has 0 aromatic carbocycles. The zero-order valence-corrected chi connectivity index (χ0v) is 5.92. The summed E-state index contributed by atoms with van der Waals surface area (Å²) in [7, 11) is 0. The number of ketones is 1. The van der Waals surface area contributed by atoms with Crippen LogP contribution in [0.1, 0.15) is 13.8 Å². The van der Waals surface area contributed by atoms with E-state index in [0.29, 0.717) is 5.92 Å². The van der Waals surface area contributed by atoms with E-state index in [1.54, 1.807) is 12.2 Å². The van der Waals surface area contributed by atoms with Gasteiger partial charge in [-0.3, -0.25) is 4.79 Å². The number of allylic oxidation sites excluding steroid dienone is 3. The fourth-order valence-corrected chi connectivity index (χ4v) is 0.366. The number of hydrogen-bond donors (Lipinski definition) is 0. The fraction of sp³-hybridized carbons (Fsp3) is 0.375. The summed E-state index contributed by atoms with van der Waals surface area (Å²) in [6.45, 7) is 7.09. The van der Waals surface area contributed by atoms with Gasteiger partial charge in [0.2, 0.25) is 0 Å². The molecule has 0 heterocycles. The van der Waals surface area contributed by atoms with E-state index >= 15 is 0 Å². The molecule has 0 aromatic rings. The number of carbonyl (C=O) groups excluding carboxylic acids is 1. The lowest BCUT2D eigenvalue weighted by Gasteiger charge is -1.91. The van der Waals surface area contributed by atoms with Gasteiger partial charge in [-0.2, -0.15) is 0 Å². The van der Waals surface area contributed by atoms with Gasteiger partial charge in [-0.25, -0.2) is 0 Å². The van der Waals surface area contributed by atoms with Crippen molar-refractivity contribution in [1.82, 2.24) is 0 Å². The van der Waals surface area contributed by atoms with Crippen LogP contribution in [-0.2, 0) is 4.79 Å². The lowest BCUT2D eigenvalue weighted by Crippen LogP contribution is -1.85. The molecule has 0 aliphatic heterocycles. The quantitative estimate of drug-likeness (QED) is 0.415. The van der Waals surface area contributed by atoms with E-state index in [1.807, 2.05) is 13.0 Å². The number of rotatable bonds is 3. The highest BCUT2D eigenvalue weighted by Crippen LogP contribution is 1.96. The minimum Gasteiger partial charge on any atom is -0.295 e. The third-order valence-corrected chi connectivity index (χ3v) is 1.01. The predicted molar refractivity (Wildman–Crippen MR) is 39.2 cm³/mol. The Balaban J connectivity index is 3.69. The first-order valence-corrected chi connectivity index (χ1v) is 2.98. The average molecular weight is 124 g/mol. The molecule has 0 amide bonds. The molecule has 0 fully saturated rings. The Morgan fingerprint density at radius 3 is 2.56 bits per heavy atom. The lowest BCUT2D eigenvalue weighted by atomic mass is 10.1. The summed E-state index contributed by atoms with van der Waals surface area (Å²) in [5.41, 5.74) is 0. The van der Waals surface area contributed by atoms with E-state index in [1.165, 1.54) is 6.92 Å². The highest BCUT2D eigenvalue weighted by Gasteiger charge is 1.87. The van der Waals surface area contributed by atoms with Gasteiger partial charge in [-0.05, 0) is 18.9 Å².